The quantitative estimate of drug-likeness (QED) is 0.846. The summed E-state index contributed by atoms with van der Waals surface area (Å²) in [5.74, 6) is -1.39. The largest absolute Gasteiger partial charge is 0.481 e. The Kier molecular flexibility index (Phi) is 5.48. The van der Waals surface area contributed by atoms with Gasteiger partial charge in [-0.3, -0.25) is 14.7 Å². The fraction of sp³-hybridized carbons (Fsp3) is 0.421. The van der Waals surface area contributed by atoms with Crippen LogP contribution in [-0.4, -0.2) is 32.1 Å². The van der Waals surface area contributed by atoms with Gasteiger partial charge in [0, 0.05) is 18.7 Å². The number of aliphatic carboxylic acids is 1. The van der Waals surface area contributed by atoms with Crippen LogP contribution in [0, 0.1) is 11.8 Å². The maximum Gasteiger partial charge on any atom is 0.306 e. The lowest BCUT2D eigenvalue weighted by Gasteiger charge is -2.31. The standard InChI is InChI=1S/C19H23N3O3/c23-18(15-7-4-8-16(11-15)19(24)25)22(13-17-9-10-20-21-17)12-14-5-2-1-3-6-14/h1-3,5-6,9-10,15-16H,4,7-8,11-13H2,(H,20,21)(H,24,25). The van der Waals surface area contributed by atoms with Crippen molar-refractivity contribution in [1.29, 1.82) is 0 Å². The van der Waals surface area contributed by atoms with Crippen LogP contribution < -0.4 is 0 Å². The molecule has 6 nitrogen and oxygen atoms in total. The number of aromatic amines is 1. The summed E-state index contributed by atoms with van der Waals surface area (Å²) in [7, 11) is 0. The summed E-state index contributed by atoms with van der Waals surface area (Å²) in [4.78, 5) is 26.2. The lowest BCUT2D eigenvalue weighted by atomic mass is 9.80. The molecule has 1 saturated carbocycles. The molecule has 132 valence electrons. The molecule has 1 fully saturated rings. The van der Waals surface area contributed by atoms with Crippen LogP contribution in [0.15, 0.2) is 42.6 Å². The lowest BCUT2D eigenvalue weighted by molar-refractivity contribution is -0.145. The van der Waals surface area contributed by atoms with Crippen molar-refractivity contribution >= 4 is 11.9 Å². The minimum Gasteiger partial charge on any atom is -0.481 e. The third kappa shape index (κ3) is 4.47. The van der Waals surface area contributed by atoms with Crippen molar-refractivity contribution in [2.45, 2.75) is 38.8 Å². The lowest BCUT2D eigenvalue weighted by Crippen LogP contribution is -2.38. The highest BCUT2D eigenvalue weighted by Gasteiger charge is 2.33. The molecule has 2 atom stereocenters. The van der Waals surface area contributed by atoms with Crippen molar-refractivity contribution in [1.82, 2.24) is 15.1 Å². The average molecular weight is 341 g/mol. The maximum atomic E-state index is 13.1. The van der Waals surface area contributed by atoms with Crippen LogP contribution in [-0.2, 0) is 22.7 Å². The van der Waals surface area contributed by atoms with Gasteiger partial charge in [-0.05, 0) is 30.9 Å². The Labute approximate surface area is 146 Å². The molecule has 25 heavy (non-hydrogen) atoms. The predicted molar refractivity (Wildman–Crippen MR) is 92.4 cm³/mol. The normalized spacial score (nSPS) is 20.2. The van der Waals surface area contributed by atoms with Gasteiger partial charge >= 0.3 is 5.97 Å². The maximum absolute atomic E-state index is 13.1. The highest BCUT2D eigenvalue weighted by atomic mass is 16.4. The van der Waals surface area contributed by atoms with Gasteiger partial charge in [0.05, 0.1) is 18.2 Å². The van der Waals surface area contributed by atoms with Crippen molar-refractivity contribution < 1.29 is 14.7 Å². The van der Waals surface area contributed by atoms with E-state index in [0.29, 0.717) is 25.9 Å². The first kappa shape index (κ1) is 17.2. The zero-order chi connectivity index (χ0) is 17.6. The molecule has 1 aliphatic rings. The van der Waals surface area contributed by atoms with Crippen LogP contribution >= 0.6 is 0 Å². The van der Waals surface area contributed by atoms with Gasteiger partial charge in [-0.2, -0.15) is 5.10 Å². The van der Waals surface area contributed by atoms with Gasteiger partial charge in [0.25, 0.3) is 0 Å². The summed E-state index contributed by atoms with van der Waals surface area (Å²) < 4.78 is 0. The number of benzene rings is 1. The highest BCUT2D eigenvalue weighted by molar-refractivity contribution is 5.80. The summed E-state index contributed by atoms with van der Waals surface area (Å²) in [5, 5.41) is 16.1. The van der Waals surface area contributed by atoms with Crippen molar-refractivity contribution in [3.8, 4) is 0 Å². The number of nitrogens with one attached hydrogen (secondary N) is 1. The van der Waals surface area contributed by atoms with E-state index in [9.17, 15) is 14.7 Å². The van der Waals surface area contributed by atoms with Gasteiger partial charge in [0.2, 0.25) is 5.91 Å². The summed E-state index contributed by atoms with van der Waals surface area (Å²) >= 11 is 0. The molecule has 1 aromatic carbocycles. The van der Waals surface area contributed by atoms with E-state index in [1.54, 1.807) is 11.1 Å². The Morgan fingerprint density at radius 1 is 1.12 bits per heavy atom. The molecule has 0 spiro atoms. The van der Waals surface area contributed by atoms with E-state index in [-0.39, 0.29) is 11.8 Å². The molecule has 1 aliphatic carbocycles. The average Bonchev–Trinajstić information content (AvgIpc) is 3.14. The smallest absolute Gasteiger partial charge is 0.306 e. The first-order chi connectivity index (χ1) is 12.1. The van der Waals surface area contributed by atoms with Crippen LogP contribution in [0.25, 0.3) is 0 Å². The fourth-order valence-electron chi connectivity index (χ4n) is 3.49. The Morgan fingerprint density at radius 2 is 1.88 bits per heavy atom. The number of rotatable bonds is 6. The number of carboxylic acid groups (broad SMARTS) is 1. The second-order valence-electron chi connectivity index (χ2n) is 6.66. The third-order valence-corrected chi connectivity index (χ3v) is 4.82. The van der Waals surface area contributed by atoms with Crippen LogP contribution in [0.4, 0.5) is 0 Å². The minimum atomic E-state index is -0.791. The van der Waals surface area contributed by atoms with Crippen molar-refractivity contribution in [2.24, 2.45) is 11.8 Å². The Balaban J connectivity index is 1.75. The monoisotopic (exact) mass is 341 g/mol. The van der Waals surface area contributed by atoms with Crippen LogP contribution in [0.1, 0.15) is 36.9 Å². The predicted octanol–water partition coefficient (Wildman–Crippen LogP) is 2.83. The molecule has 1 heterocycles. The van der Waals surface area contributed by atoms with Gasteiger partial charge in [0.1, 0.15) is 0 Å². The number of carboxylic acids is 1. The molecule has 6 heteroatoms. The number of hydrogen-bond donors (Lipinski definition) is 2. The van der Waals surface area contributed by atoms with Crippen molar-refractivity contribution in [2.75, 3.05) is 0 Å². The number of aromatic nitrogens is 2. The van der Waals surface area contributed by atoms with E-state index >= 15 is 0 Å². The summed E-state index contributed by atoms with van der Waals surface area (Å²) in [6.07, 6.45) is 4.32. The topological polar surface area (TPSA) is 86.3 Å². The molecule has 1 aromatic heterocycles. The SMILES string of the molecule is O=C(O)C1CCCC(C(=O)N(Cc2ccccc2)Cc2ccn[nH]2)C1. The molecular formula is C19H23N3O3. The Hall–Kier alpha value is -2.63. The molecule has 0 radical (unpaired) electrons. The minimum absolute atomic E-state index is 0.0319. The summed E-state index contributed by atoms with van der Waals surface area (Å²) in [5.41, 5.74) is 1.93. The second kappa shape index (κ2) is 7.96. The van der Waals surface area contributed by atoms with Crippen molar-refractivity contribution in [3.63, 3.8) is 0 Å². The Bertz CT molecular complexity index is 700. The zero-order valence-electron chi connectivity index (χ0n) is 14.1. The number of carbonyl (C=O) groups excluding carboxylic acids is 1. The number of hydrogen-bond acceptors (Lipinski definition) is 3. The molecule has 0 saturated heterocycles. The molecular weight excluding hydrogens is 318 g/mol. The van der Waals surface area contributed by atoms with E-state index < -0.39 is 11.9 Å². The van der Waals surface area contributed by atoms with Gasteiger partial charge in [0.15, 0.2) is 0 Å². The van der Waals surface area contributed by atoms with Crippen LogP contribution in [0.3, 0.4) is 0 Å². The first-order valence-electron chi connectivity index (χ1n) is 8.67. The van der Waals surface area contributed by atoms with Gasteiger partial charge in [-0.25, -0.2) is 0 Å². The van der Waals surface area contributed by atoms with Crippen LogP contribution in [0.2, 0.25) is 0 Å². The highest BCUT2D eigenvalue weighted by Crippen LogP contribution is 2.31. The second-order valence-corrected chi connectivity index (χ2v) is 6.66. The van der Waals surface area contributed by atoms with Gasteiger partial charge < -0.3 is 10.0 Å². The summed E-state index contributed by atoms with van der Waals surface area (Å²) in [6.45, 7) is 0.953. The van der Waals surface area contributed by atoms with Gasteiger partial charge in [-0.1, -0.05) is 36.8 Å². The Morgan fingerprint density at radius 3 is 2.56 bits per heavy atom. The molecule has 2 unspecified atom stereocenters. The first-order valence-corrected chi connectivity index (χ1v) is 8.67. The number of nitrogens with zero attached hydrogens (tertiary/aromatic N) is 2. The molecule has 2 N–H and O–H groups in total. The molecule has 3 rings (SSSR count). The van der Waals surface area contributed by atoms with E-state index in [2.05, 4.69) is 10.2 Å². The number of H-pyrrole nitrogens is 1. The van der Waals surface area contributed by atoms with E-state index in [1.807, 2.05) is 36.4 Å². The third-order valence-electron chi connectivity index (χ3n) is 4.82. The van der Waals surface area contributed by atoms with Crippen molar-refractivity contribution in [3.05, 3.63) is 53.9 Å². The van der Waals surface area contributed by atoms with E-state index in [4.69, 9.17) is 0 Å². The number of carbonyl (C=O) groups is 2. The molecule has 0 bridgehead atoms. The van der Waals surface area contributed by atoms with Crippen LogP contribution in [0.5, 0.6) is 0 Å². The van der Waals surface area contributed by atoms with Gasteiger partial charge in [-0.15, -0.1) is 0 Å². The zero-order valence-corrected chi connectivity index (χ0v) is 14.1. The summed E-state index contributed by atoms with van der Waals surface area (Å²) in [6, 6.07) is 11.7. The molecule has 0 aliphatic heterocycles. The van der Waals surface area contributed by atoms with E-state index in [0.717, 1.165) is 24.1 Å². The molecule has 2 aromatic rings. The fourth-order valence-corrected chi connectivity index (χ4v) is 3.49. The molecule has 1 amide bonds. The van der Waals surface area contributed by atoms with E-state index in [1.165, 1.54) is 0 Å². The number of amides is 1.